The number of rotatable bonds is 5. The second kappa shape index (κ2) is 6.65. The van der Waals surface area contributed by atoms with Gasteiger partial charge in [-0.3, -0.25) is 9.78 Å². The van der Waals surface area contributed by atoms with Gasteiger partial charge >= 0.3 is 0 Å². The van der Waals surface area contributed by atoms with Crippen LogP contribution in [0.5, 0.6) is 0 Å². The van der Waals surface area contributed by atoms with E-state index >= 15 is 0 Å². The van der Waals surface area contributed by atoms with Crippen molar-refractivity contribution < 1.29 is 4.79 Å². The Labute approximate surface area is 118 Å². The van der Waals surface area contributed by atoms with Gasteiger partial charge in [0.2, 0.25) is 0 Å². The van der Waals surface area contributed by atoms with Crippen molar-refractivity contribution in [2.24, 2.45) is 0 Å². The Morgan fingerprint density at radius 3 is 2.80 bits per heavy atom. The lowest BCUT2D eigenvalue weighted by molar-refractivity contribution is 0.0963. The third-order valence-corrected chi connectivity index (χ3v) is 2.96. The molecule has 0 bridgehead atoms. The molecule has 0 saturated heterocycles. The van der Waals surface area contributed by atoms with E-state index in [1.807, 2.05) is 19.2 Å². The van der Waals surface area contributed by atoms with Gasteiger partial charge in [0.05, 0.1) is 5.56 Å². The number of aromatic nitrogens is 2. The molecule has 0 aromatic carbocycles. The number of carbonyl (C=O) groups is 1. The summed E-state index contributed by atoms with van der Waals surface area (Å²) in [5.74, 6) is 0.463. The number of amides is 1. The Morgan fingerprint density at radius 1 is 1.25 bits per heavy atom. The maximum Gasteiger partial charge on any atom is 0.254 e. The first-order valence-electron chi connectivity index (χ1n) is 6.53. The lowest BCUT2D eigenvalue weighted by Crippen LogP contribution is -2.20. The summed E-state index contributed by atoms with van der Waals surface area (Å²) in [5.41, 5.74) is 2.71. The second-order valence-corrected chi connectivity index (χ2v) is 4.46. The van der Waals surface area contributed by atoms with Crippen molar-refractivity contribution in [1.82, 2.24) is 15.3 Å². The van der Waals surface area contributed by atoms with Crippen LogP contribution in [0.25, 0.3) is 0 Å². The Kier molecular flexibility index (Phi) is 4.65. The summed E-state index contributed by atoms with van der Waals surface area (Å²) in [7, 11) is 1.61. The van der Waals surface area contributed by atoms with E-state index in [0.29, 0.717) is 17.9 Å². The lowest BCUT2D eigenvalue weighted by Gasteiger charge is -2.09. The molecular formula is C15H18N4O. The van der Waals surface area contributed by atoms with Crippen molar-refractivity contribution in [3.05, 3.63) is 53.5 Å². The van der Waals surface area contributed by atoms with E-state index in [0.717, 1.165) is 17.7 Å². The molecule has 2 rings (SSSR count). The summed E-state index contributed by atoms with van der Waals surface area (Å²) in [4.78, 5) is 20.2. The van der Waals surface area contributed by atoms with Crippen LogP contribution in [0, 0.1) is 6.92 Å². The van der Waals surface area contributed by atoms with Crippen LogP contribution in [-0.2, 0) is 6.42 Å². The van der Waals surface area contributed by atoms with E-state index in [1.54, 1.807) is 25.4 Å². The fraction of sp³-hybridized carbons (Fsp3) is 0.267. The van der Waals surface area contributed by atoms with E-state index in [4.69, 9.17) is 0 Å². The van der Waals surface area contributed by atoms with E-state index in [1.165, 1.54) is 0 Å². The molecule has 0 saturated carbocycles. The average molecular weight is 270 g/mol. The topological polar surface area (TPSA) is 66.9 Å². The van der Waals surface area contributed by atoms with Crippen LogP contribution in [-0.4, -0.2) is 29.5 Å². The zero-order valence-electron chi connectivity index (χ0n) is 11.7. The molecule has 0 aliphatic heterocycles. The molecule has 0 radical (unpaired) electrons. The molecule has 0 spiro atoms. The molecule has 2 aromatic heterocycles. The monoisotopic (exact) mass is 270 g/mol. The molecule has 2 N–H and O–H groups in total. The summed E-state index contributed by atoms with van der Waals surface area (Å²) >= 11 is 0. The summed E-state index contributed by atoms with van der Waals surface area (Å²) in [6, 6.07) is 7.55. The van der Waals surface area contributed by atoms with Gasteiger partial charge < -0.3 is 10.6 Å². The molecule has 0 unspecified atom stereocenters. The maximum absolute atomic E-state index is 11.7. The molecule has 5 nitrogen and oxygen atoms in total. The molecule has 0 atom stereocenters. The predicted octanol–water partition coefficient (Wildman–Crippen LogP) is 1.80. The number of aryl methyl sites for hydroxylation is 1. The lowest BCUT2D eigenvalue weighted by atomic mass is 10.2. The van der Waals surface area contributed by atoms with Crippen LogP contribution in [0.2, 0.25) is 0 Å². The minimum absolute atomic E-state index is 0.141. The van der Waals surface area contributed by atoms with Crippen molar-refractivity contribution in [3.8, 4) is 0 Å². The molecule has 2 aromatic rings. The first kappa shape index (κ1) is 14.0. The predicted molar refractivity (Wildman–Crippen MR) is 78.8 cm³/mol. The molecule has 0 fully saturated rings. The van der Waals surface area contributed by atoms with Gasteiger partial charge in [-0.05, 0) is 37.1 Å². The SMILES string of the molecule is CNC(=O)c1cccnc1NCCc1ccc(C)nc1. The van der Waals surface area contributed by atoms with Crippen molar-refractivity contribution in [2.75, 3.05) is 18.9 Å². The number of nitrogens with one attached hydrogen (secondary N) is 2. The summed E-state index contributed by atoms with van der Waals surface area (Å²) in [5, 5.41) is 5.80. The van der Waals surface area contributed by atoms with Gasteiger partial charge in [0, 0.05) is 31.7 Å². The highest BCUT2D eigenvalue weighted by atomic mass is 16.1. The number of nitrogens with zero attached hydrogens (tertiary/aromatic N) is 2. The van der Waals surface area contributed by atoms with Crippen LogP contribution >= 0.6 is 0 Å². The third-order valence-electron chi connectivity index (χ3n) is 2.96. The molecule has 104 valence electrons. The van der Waals surface area contributed by atoms with Gasteiger partial charge in [-0.15, -0.1) is 0 Å². The Bertz CT molecular complexity index is 581. The van der Waals surface area contributed by atoms with Crippen molar-refractivity contribution >= 4 is 11.7 Å². The van der Waals surface area contributed by atoms with E-state index in [-0.39, 0.29) is 5.91 Å². The van der Waals surface area contributed by atoms with Crippen LogP contribution in [0.15, 0.2) is 36.7 Å². The first-order valence-corrected chi connectivity index (χ1v) is 6.53. The van der Waals surface area contributed by atoms with Gasteiger partial charge in [-0.2, -0.15) is 0 Å². The fourth-order valence-corrected chi connectivity index (χ4v) is 1.84. The van der Waals surface area contributed by atoms with Crippen LogP contribution < -0.4 is 10.6 Å². The average Bonchev–Trinajstić information content (AvgIpc) is 2.49. The Hall–Kier alpha value is -2.43. The standard InChI is InChI=1S/C15H18N4O/c1-11-5-6-12(10-19-11)7-9-18-14-13(15(20)16-2)4-3-8-17-14/h3-6,8,10H,7,9H2,1-2H3,(H,16,20)(H,17,18). The molecule has 2 heterocycles. The minimum atomic E-state index is -0.141. The number of carbonyl (C=O) groups excluding carboxylic acids is 1. The van der Waals surface area contributed by atoms with E-state index in [9.17, 15) is 4.79 Å². The fourth-order valence-electron chi connectivity index (χ4n) is 1.84. The molecule has 0 aliphatic carbocycles. The number of pyridine rings is 2. The summed E-state index contributed by atoms with van der Waals surface area (Å²) < 4.78 is 0. The third kappa shape index (κ3) is 3.54. The van der Waals surface area contributed by atoms with Crippen molar-refractivity contribution in [3.63, 3.8) is 0 Å². The van der Waals surface area contributed by atoms with E-state index in [2.05, 4.69) is 26.7 Å². The number of hydrogen-bond acceptors (Lipinski definition) is 4. The van der Waals surface area contributed by atoms with Gasteiger partial charge in [0.25, 0.3) is 5.91 Å². The largest absolute Gasteiger partial charge is 0.369 e. The van der Waals surface area contributed by atoms with Crippen molar-refractivity contribution in [2.45, 2.75) is 13.3 Å². The van der Waals surface area contributed by atoms with Gasteiger partial charge in [-0.1, -0.05) is 6.07 Å². The van der Waals surface area contributed by atoms with Crippen LogP contribution in [0.3, 0.4) is 0 Å². The van der Waals surface area contributed by atoms with Gasteiger partial charge in [-0.25, -0.2) is 4.98 Å². The Morgan fingerprint density at radius 2 is 2.10 bits per heavy atom. The van der Waals surface area contributed by atoms with Crippen molar-refractivity contribution in [1.29, 1.82) is 0 Å². The minimum Gasteiger partial charge on any atom is -0.369 e. The quantitative estimate of drug-likeness (QED) is 0.869. The van der Waals surface area contributed by atoms with E-state index < -0.39 is 0 Å². The highest BCUT2D eigenvalue weighted by Gasteiger charge is 2.09. The van der Waals surface area contributed by atoms with Gasteiger partial charge in [0.15, 0.2) is 0 Å². The number of anilines is 1. The van der Waals surface area contributed by atoms with Gasteiger partial charge in [0.1, 0.15) is 5.82 Å². The smallest absolute Gasteiger partial charge is 0.254 e. The first-order chi connectivity index (χ1) is 9.70. The normalized spacial score (nSPS) is 10.1. The number of hydrogen-bond donors (Lipinski definition) is 2. The summed E-state index contributed by atoms with van der Waals surface area (Å²) in [6.45, 7) is 2.66. The summed E-state index contributed by atoms with van der Waals surface area (Å²) in [6.07, 6.45) is 4.37. The molecule has 1 amide bonds. The zero-order valence-corrected chi connectivity index (χ0v) is 11.7. The zero-order chi connectivity index (χ0) is 14.4. The molecule has 5 heteroatoms. The highest BCUT2D eigenvalue weighted by molar-refractivity contribution is 5.98. The molecule has 0 aliphatic rings. The molecule has 20 heavy (non-hydrogen) atoms. The highest BCUT2D eigenvalue weighted by Crippen LogP contribution is 2.11. The Balaban J connectivity index is 1.97. The molecular weight excluding hydrogens is 252 g/mol. The van der Waals surface area contributed by atoms with Crippen LogP contribution in [0.1, 0.15) is 21.6 Å². The van der Waals surface area contributed by atoms with Crippen LogP contribution in [0.4, 0.5) is 5.82 Å². The maximum atomic E-state index is 11.7. The second-order valence-electron chi connectivity index (χ2n) is 4.46.